The second-order valence-corrected chi connectivity index (χ2v) is 11.6. The maximum atomic E-state index is 15.7. The number of anilines is 5. The SMILES string of the molecule is C=CC(=O)Nc1cccc(-n2cnc3c(N(Cc4ccccc4)Cc4ccccc4)nc(Nc4ccc(N5CCOCC5)cc4F)nc32)c1. The van der Waals surface area contributed by atoms with Gasteiger partial charge in [0.15, 0.2) is 17.0 Å². The van der Waals surface area contributed by atoms with E-state index in [0.717, 1.165) is 22.5 Å². The van der Waals surface area contributed by atoms with E-state index in [9.17, 15) is 4.79 Å². The molecule has 1 saturated heterocycles. The van der Waals surface area contributed by atoms with Gasteiger partial charge < -0.3 is 25.2 Å². The molecule has 0 spiro atoms. The molecule has 2 aromatic heterocycles. The van der Waals surface area contributed by atoms with E-state index in [1.807, 2.05) is 65.2 Å². The maximum absolute atomic E-state index is 15.7. The Hall–Kier alpha value is -6.07. The molecule has 3 heterocycles. The number of aromatic nitrogens is 4. The highest BCUT2D eigenvalue weighted by Crippen LogP contribution is 2.31. The van der Waals surface area contributed by atoms with Crippen LogP contribution in [0.2, 0.25) is 0 Å². The summed E-state index contributed by atoms with van der Waals surface area (Å²) < 4.78 is 22.9. The molecule has 1 aliphatic heterocycles. The molecule has 1 amide bonds. The van der Waals surface area contributed by atoms with Gasteiger partial charge >= 0.3 is 0 Å². The molecule has 10 nitrogen and oxygen atoms in total. The van der Waals surface area contributed by atoms with Gasteiger partial charge in [-0.3, -0.25) is 9.36 Å². The van der Waals surface area contributed by atoms with Crippen molar-refractivity contribution in [1.82, 2.24) is 19.5 Å². The van der Waals surface area contributed by atoms with Gasteiger partial charge in [0.2, 0.25) is 11.9 Å². The molecule has 246 valence electrons. The fourth-order valence-corrected chi connectivity index (χ4v) is 5.83. The lowest BCUT2D eigenvalue weighted by Crippen LogP contribution is -2.36. The van der Waals surface area contributed by atoms with Crippen LogP contribution < -0.4 is 20.4 Å². The van der Waals surface area contributed by atoms with E-state index in [1.54, 1.807) is 18.5 Å². The van der Waals surface area contributed by atoms with Crippen molar-refractivity contribution >= 4 is 45.9 Å². The van der Waals surface area contributed by atoms with Crippen LogP contribution in [0, 0.1) is 5.82 Å². The number of carbonyl (C=O) groups excluding carboxylic acids is 1. The molecular formula is C38H35FN8O2. The number of ether oxygens (including phenoxy) is 1. The minimum atomic E-state index is -0.418. The molecule has 0 bridgehead atoms. The number of amides is 1. The number of carbonyl (C=O) groups is 1. The fraction of sp³-hybridized carbons (Fsp3) is 0.158. The number of morpholine rings is 1. The van der Waals surface area contributed by atoms with E-state index in [0.29, 0.717) is 62.1 Å². The van der Waals surface area contributed by atoms with Crippen molar-refractivity contribution in [3.05, 3.63) is 139 Å². The van der Waals surface area contributed by atoms with Crippen molar-refractivity contribution in [3.8, 4) is 5.69 Å². The van der Waals surface area contributed by atoms with Crippen molar-refractivity contribution in [1.29, 1.82) is 0 Å². The van der Waals surface area contributed by atoms with Crippen molar-refractivity contribution in [2.45, 2.75) is 13.1 Å². The van der Waals surface area contributed by atoms with Gasteiger partial charge in [0.05, 0.1) is 24.6 Å². The van der Waals surface area contributed by atoms with Crippen LogP contribution in [0.25, 0.3) is 16.9 Å². The van der Waals surface area contributed by atoms with E-state index in [1.165, 1.54) is 12.1 Å². The summed E-state index contributed by atoms with van der Waals surface area (Å²) in [5.41, 5.74) is 5.62. The Morgan fingerprint density at radius 1 is 0.878 bits per heavy atom. The first-order chi connectivity index (χ1) is 24.0. The number of nitrogens with zero attached hydrogens (tertiary/aromatic N) is 6. The minimum absolute atomic E-state index is 0.213. The van der Waals surface area contributed by atoms with Gasteiger partial charge in [-0.1, -0.05) is 73.3 Å². The topological polar surface area (TPSA) is 100 Å². The third-order valence-electron chi connectivity index (χ3n) is 8.26. The van der Waals surface area contributed by atoms with Gasteiger partial charge in [-0.05, 0) is 53.6 Å². The first-order valence-electron chi connectivity index (χ1n) is 16.0. The quantitative estimate of drug-likeness (QED) is 0.146. The number of fused-ring (bicyclic) bond motifs is 1. The Labute approximate surface area is 283 Å². The van der Waals surface area contributed by atoms with Crippen LogP contribution >= 0.6 is 0 Å². The minimum Gasteiger partial charge on any atom is -0.378 e. The maximum Gasteiger partial charge on any atom is 0.247 e. The molecule has 4 aromatic carbocycles. The smallest absolute Gasteiger partial charge is 0.247 e. The molecule has 0 saturated carbocycles. The second kappa shape index (κ2) is 14.4. The van der Waals surface area contributed by atoms with Crippen LogP contribution in [-0.4, -0.2) is 51.7 Å². The second-order valence-electron chi connectivity index (χ2n) is 11.6. The lowest BCUT2D eigenvalue weighted by atomic mass is 10.1. The zero-order valence-corrected chi connectivity index (χ0v) is 26.8. The van der Waals surface area contributed by atoms with Crippen molar-refractivity contribution in [3.63, 3.8) is 0 Å². The van der Waals surface area contributed by atoms with E-state index in [2.05, 4.69) is 51.3 Å². The molecular weight excluding hydrogens is 619 g/mol. The van der Waals surface area contributed by atoms with Crippen LogP contribution in [-0.2, 0) is 22.6 Å². The predicted octanol–water partition coefficient (Wildman–Crippen LogP) is 6.87. The molecule has 0 unspecified atom stereocenters. The number of hydrogen-bond acceptors (Lipinski definition) is 8. The van der Waals surface area contributed by atoms with E-state index < -0.39 is 5.82 Å². The zero-order valence-electron chi connectivity index (χ0n) is 26.8. The summed E-state index contributed by atoms with van der Waals surface area (Å²) >= 11 is 0. The fourth-order valence-electron chi connectivity index (χ4n) is 5.83. The Morgan fingerprint density at radius 3 is 2.27 bits per heavy atom. The summed E-state index contributed by atoms with van der Waals surface area (Å²) in [5.74, 6) is 0.0617. The van der Waals surface area contributed by atoms with Gasteiger partial charge in [-0.25, -0.2) is 9.37 Å². The summed E-state index contributed by atoms with van der Waals surface area (Å²) in [7, 11) is 0. The Balaban J connectivity index is 1.33. The number of rotatable bonds is 11. The summed E-state index contributed by atoms with van der Waals surface area (Å²) in [6.45, 7) is 7.26. The normalized spacial score (nSPS) is 12.9. The number of imidazole rings is 1. The molecule has 1 fully saturated rings. The highest BCUT2D eigenvalue weighted by Gasteiger charge is 2.22. The number of benzene rings is 4. The predicted molar refractivity (Wildman–Crippen MR) is 191 cm³/mol. The molecule has 1 aliphatic rings. The zero-order chi connectivity index (χ0) is 33.6. The van der Waals surface area contributed by atoms with Crippen LogP contribution in [0.5, 0.6) is 0 Å². The van der Waals surface area contributed by atoms with Crippen molar-refractivity contribution < 1.29 is 13.9 Å². The highest BCUT2D eigenvalue weighted by molar-refractivity contribution is 5.99. The lowest BCUT2D eigenvalue weighted by molar-refractivity contribution is -0.111. The molecule has 2 N–H and O–H groups in total. The lowest BCUT2D eigenvalue weighted by Gasteiger charge is -2.29. The summed E-state index contributed by atoms with van der Waals surface area (Å²) in [5, 5.41) is 5.96. The standard InChI is InChI=1S/C38H35FN8O2/c1-2-34(48)41-29-14-9-15-31(22-29)47-26-40-35-36(46(24-27-10-5-3-6-11-27)25-28-12-7-4-8-13-28)43-38(44-37(35)47)42-33-17-16-30(23-32(33)39)45-18-20-49-21-19-45/h2-17,22-23,26H,1,18-21,24-25H2,(H,41,48)(H,42,43,44). The van der Waals surface area contributed by atoms with Crippen LogP contribution in [0.1, 0.15) is 11.1 Å². The third kappa shape index (κ3) is 7.26. The van der Waals surface area contributed by atoms with Gasteiger partial charge in [0, 0.05) is 37.6 Å². The molecule has 0 aliphatic carbocycles. The van der Waals surface area contributed by atoms with Gasteiger partial charge in [0.25, 0.3) is 0 Å². The van der Waals surface area contributed by atoms with Crippen LogP contribution in [0.4, 0.5) is 33.2 Å². The van der Waals surface area contributed by atoms with Crippen LogP contribution in [0.15, 0.2) is 122 Å². The number of nitrogens with one attached hydrogen (secondary N) is 2. The average molecular weight is 655 g/mol. The first-order valence-corrected chi connectivity index (χ1v) is 16.0. The average Bonchev–Trinajstić information content (AvgIpc) is 3.57. The largest absolute Gasteiger partial charge is 0.378 e. The third-order valence-corrected chi connectivity index (χ3v) is 8.26. The molecule has 49 heavy (non-hydrogen) atoms. The monoisotopic (exact) mass is 654 g/mol. The Kier molecular flexibility index (Phi) is 9.24. The molecule has 0 atom stereocenters. The Bertz CT molecular complexity index is 2040. The van der Waals surface area contributed by atoms with Gasteiger partial charge in [-0.15, -0.1) is 0 Å². The summed E-state index contributed by atoms with van der Waals surface area (Å²) in [6, 6.07) is 32.8. The number of hydrogen-bond donors (Lipinski definition) is 2. The van der Waals surface area contributed by atoms with Crippen molar-refractivity contribution in [2.75, 3.05) is 46.7 Å². The molecule has 0 radical (unpaired) electrons. The summed E-state index contributed by atoms with van der Waals surface area (Å²) in [6.07, 6.45) is 2.90. The van der Waals surface area contributed by atoms with E-state index >= 15 is 4.39 Å². The van der Waals surface area contributed by atoms with Gasteiger partial charge in [-0.2, -0.15) is 9.97 Å². The van der Waals surface area contributed by atoms with Crippen LogP contribution in [0.3, 0.4) is 0 Å². The van der Waals surface area contributed by atoms with Gasteiger partial charge in [0.1, 0.15) is 12.1 Å². The molecule has 11 heteroatoms. The Morgan fingerprint density at radius 2 is 1.59 bits per heavy atom. The van der Waals surface area contributed by atoms with E-state index in [-0.39, 0.29) is 17.5 Å². The van der Waals surface area contributed by atoms with E-state index in [4.69, 9.17) is 19.7 Å². The molecule has 7 rings (SSSR count). The molecule has 6 aromatic rings. The number of halogens is 1. The first kappa shape index (κ1) is 31.5. The highest BCUT2D eigenvalue weighted by atomic mass is 19.1. The van der Waals surface area contributed by atoms with Crippen molar-refractivity contribution in [2.24, 2.45) is 0 Å². The summed E-state index contributed by atoms with van der Waals surface area (Å²) in [4.78, 5) is 31.0.